The predicted octanol–water partition coefficient (Wildman–Crippen LogP) is 2.65. The number of carbonyl (C=O) groups is 1. The second-order valence-corrected chi connectivity index (χ2v) is 6.09. The molecule has 0 saturated carbocycles. The summed E-state index contributed by atoms with van der Waals surface area (Å²) in [6, 6.07) is 2.16. The number of amides is 1. The van der Waals surface area contributed by atoms with Crippen LogP contribution in [0.3, 0.4) is 0 Å². The van der Waals surface area contributed by atoms with E-state index in [-0.39, 0.29) is 11.9 Å². The maximum Gasteiger partial charge on any atom is 0.222 e. The predicted molar refractivity (Wildman–Crippen MR) is 78.5 cm³/mol. The Hall–Kier alpha value is -1.21. The number of halogens is 1. The molecule has 7 heteroatoms. The molecule has 100 valence electrons. The van der Waals surface area contributed by atoms with Crippen molar-refractivity contribution in [1.82, 2.24) is 19.4 Å². The number of fused-ring (bicyclic) bond motifs is 1. The average Bonchev–Trinajstić information content (AvgIpc) is 2.68. The highest BCUT2D eigenvalue weighted by Gasteiger charge is 2.26. The summed E-state index contributed by atoms with van der Waals surface area (Å²) >= 11 is 8.79. The minimum atomic E-state index is 0.192. The molecule has 0 radical (unpaired) electrons. The Morgan fingerprint density at radius 1 is 1.58 bits per heavy atom. The van der Waals surface area contributed by atoms with Gasteiger partial charge >= 0.3 is 0 Å². The van der Waals surface area contributed by atoms with Gasteiger partial charge in [-0.3, -0.25) is 9.36 Å². The first-order valence-electron chi connectivity index (χ1n) is 6.06. The zero-order chi connectivity index (χ0) is 13.6. The van der Waals surface area contributed by atoms with Crippen LogP contribution in [0.1, 0.15) is 18.9 Å². The van der Waals surface area contributed by atoms with Gasteiger partial charge in [-0.15, -0.1) is 0 Å². The SMILES string of the molecule is CN1CC(n2c(=S)[nH]c3cc(Br)cnc32)CCC1=O. The lowest BCUT2D eigenvalue weighted by molar-refractivity contribution is -0.132. The van der Waals surface area contributed by atoms with Crippen molar-refractivity contribution in [2.45, 2.75) is 18.9 Å². The molecule has 1 unspecified atom stereocenters. The molecule has 0 aliphatic carbocycles. The Kier molecular flexibility index (Phi) is 3.18. The molecule has 1 aliphatic heterocycles. The fraction of sp³-hybridized carbons (Fsp3) is 0.417. The molecule has 1 aliphatic rings. The van der Waals surface area contributed by atoms with Crippen molar-refractivity contribution in [1.29, 1.82) is 0 Å². The second-order valence-electron chi connectivity index (χ2n) is 4.79. The Bertz CT molecular complexity index is 707. The topological polar surface area (TPSA) is 53.9 Å². The van der Waals surface area contributed by atoms with E-state index in [1.807, 2.05) is 17.7 Å². The number of pyridine rings is 1. The lowest BCUT2D eigenvalue weighted by Gasteiger charge is -2.30. The number of piperidine rings is 1. The quantitative estimate of drug-likeness (QED) is 0.812. The third kappa shape index (κ3) is 2.21. The molecule has 5 nitrogen and oxygen atoms in total. The summed E-state index contributed by atoms with van der Waals surface area (Å²) in [5.74, 6) is 0.193. The number of H-pyrrole nitrogens is 1. The van der Waals surface area contributed by atoms with E-state index in [9.17, 15) is 4.79 Å². The molecule has 1 amide bonds. The Morgan fingerprint density at radius 3 is 3.11 bits per heavy atom. The van der Waals surface area contributed by atoms with Crippen molar-refractivity contribution in [3.63, 3.8) is 0 Å². The van der Waals surface area contributed by atoms with Crippen molar-refractivity contribution in [3.05, 3.63) is 21.5 Å². The first-order chi connectivity index (χ1) is 9.06. The maximum atomic E-state index is 11.6. The lowest BCUT2D eigenvalue weighted by atomic mass is 10.1. The maximum absolute atomic E-state index is 11.6. The Morgan fingerprint density at radius 2 is 2.37 bits per heavy atom. The molecular weight excluding hydrogens is 328 g/mol. The van der Waals surface area contributed by atoms with E-state index >= 15 is 0 Å². The van der Waals surface area contributed by atoms with Gasteiger partial charge in [0, 0.05) is 30.7 Å². The molecule has 1 atom stereocenters. The number of nitrogens with zero attached hydrogens (tertiary/aromatic N) is 3. The zero-order valence-electron chi connectivity index (χ0n) is 10.4. The lowest BCUT2D eigenvalue weighted by Crippen LogP contribution is -2.38. The first kappa shape index (κ1) is 12.8. The van der Waals surface area contributed by atoms with Gasteiger partial charge in [0.05, 0.1) is 11.6 Å². The summed E-state index contributed by atoms with van der Waals surface area (Å²) in [5, 5.41) is 0. The fourth-order valence-corrected chi connectivity index (χ4v) is 3.20. The van der Waals surface area contributed by atoms with Crippen LogP contribution in [-0.4, -0.2) is 38.9 Å². The smallest absolute Gasteiger partial charge is 0.222 e. The average molecular weight is 341 g/mol. The van der Waals surface area contributed by atoms with E-state index in [1.54, 1.807) is 11.1 Å². The van der Waals surface area contributed by atoms with Gasteiger partial charge in [0.15, 0.2) is 10.4 Å². The molecule has 0 aromatic carbocycles. The minimum Gasteiger partial charge on any atom is -0.344 e. The summed E-state index contributed by atoms with van der Waals surface area (Å²) in [6.07, 6.45) is 3.13. The molecule has 1 N–H and O–H groups in total. The number of hydrogen-bond donors (Lipinski definition) is 1. The van der Waals surface area contributed by atoms with Gasteiger partial charge in [-0.25, -0.2) is 4.98 Å². The van der Waals surface area contributed by atoms with Crippen LogP contribution in [-0.2, 0) is 4.79 Å². The number of carbonyl (C=O) groups excluding carboxylic acids is 1. The molecule has 2 aromatic rings. The molecule has 1 saturated heterocycles. The number of imidazole rings is 1. The van der Waals surface area contributed by atoms with Crippen molar-refractivity contribution in [2.75, 3.05) is 13.6 Å². The third-order valence-electron chi connectivity index (χ3n) is 3.49. The summed E-state index contributed by atoms with van der Waals surface area (Å²) < 4.78 is 3.60. The minimum absolute atomic E-state index is 0.192. The van der Waals surface area contributed by atoms with E-state index in [4.69, 9.17) is 12.2 Å². The molecule has 3 heterocycles. The number of likely N-dealkylation sites (N-methyl/N-ethyl adjacent to an activating group) is 1. The highest BCUT2D eigenvalue weighted by Crippen LogP contribution is 2.26. The molecule has 19 heavy (non-hydrogen) atoms. The molecule has 1 fully saturated rings. The van der Waals surface area contributed by atoms with Crippen molar-refractivity contribution >= 4 is 45.2 Å². The van der Waals surface area contributed by atoms with E-state index in [1.165, 1.54) is 0 Å². The van der Waals surface area contributed by atoms with E-state index < -0.39 is 0 Å². The van der Waals surface area contributed by atoms with Gasteiger partial charge in [0.1, 0.15) is 0 Å². The van der Waals surface area contributed by atoms with Crippen LogP contribution in [0.25, 0.3) is 11.2 Å². The van der Waals surface area contributed by atoms with Crippen molar-refractivity contribution in [3.8, 4) is 0 Å². The summed E-state index contributed by atoms with van der Waals surface area (Å²) in [5.41, 5.74) is 1.76. The normalized spacial score (nSPS) is 20.2. The number of aromatic nitrogens is 3. The summed E-state index contributed by atoms with van der Waals surface area (Å²) in [7, 11) is 1.83. The zero-order valence-corrected chi connectivity index (χ0v) is 12.8. The van der Waals surface area contributed by atoms with Crippen LogP contribution in [0.2, 0.25) is 0 Å². The van der Waals surface area contributed by atoms with Gasteiger partial charge in [0.2, 0.25) is 5.91 Å². The highest BCUT2D eigenvalue weighted by atomic mass is 79.9. The number of rotatable bonds is 1. The second kappa shape index (κ2) is 4.72. The monoisotopic (exact) mass is 340 g/mol. The van der Waals surface area contributed by atoms with Crippen LogP contribution in [0, 0.1) is 4.77 Å². The van der Waals surface area contributed by atoms with Crippen LogP contribution in [0.4, 0.5) is 0 Å². The fourth-order valence-electron chi connectivity index (χ4n) is 2.53. The van der Waals surface area contributed by atoms with Gasteiger partial charge in [-0.2, -0.15) is 0 Å². The van der Waals surface area contributed by atoms with E-state index in [0.717, 1.165) is 22.1 Å². The van der Waals surface area contributed by atoms with E-state index in [2.05, 4.69) is 25.9 Å². The standard InChI is InChI=1S/C12H13BrN4OS/c1-16-6-8(2-3-10(16)18)17-11-9(15-12(17)19)4-7(13)5-14-11/h4-5,8H,2-3,6H2,1H3,(H,15,19). The van der Waals surface area contributed by atoms with Crippen molar-refractivity contribution in [2.24, 2.45) is 0 Å². The molecule has 2 aromatic heterocycles. The van der Waals surface area contributed by atoms with Gasteiger partial charge in [0.25, 0.3) is 0 Å². The van der Waals surface area contributed by atoms with Crippen LogP contribution < -0.4 is 0 Å². The molecule has 0 bridgehead atoms. The molecule has 3 rings (SSSR count). The third-order valence-corrected chi connectivity index (χ3v) is 4.22. The van der Waals surface area contributed by atoms with Crippen molar-refractivity contribution < 1.29 is 4.79 Å². The van der Waals surface area contributed by atoms with Gasteiger partial charge in [-0.1, -0.05) is 0 Å². The number of nitrogens with one attached hydrogen (secondary N) is 1. The van der Waals surface area contributed by atoms with Crippen LogP contribution in [0.5, 0.6) is 0 Å². The number of aromatic amines is 1. The number of likely N-dealkylation sites (tertiary alicyclic amines) is 1. The summed E-state index contributed by atoms with van der Waals surface area (Å²) in [4.78, 5) is 20.9. The first-order valence-corrected chi connectivity index (χ1v) is 7.26. The molecule has 0 spiro atoms. The van der Waals surface area contributed by atoms with Gasteiger partial charge < -0.3 is 9.88 Å². The van der Waals surface area contributed by atoms with Crippen LogP contribution >= 0.6 is 28.1 Å². The van der Waals surface area contributed by atoms with E-state index in [0.29, 0.717) is 17.7 Å². The van der Waals surface area contributed by atoms with Gasteiger partial charge in [-0.05, 0) is 40.6 Å². The van der Waals surface area contributed by atoms with Crippen LogP contribution in [0.15, 0.2) is 16.7 Å². The summed E-state index contributed by atoms with van der Waals surface area (Å²) in [6.45, 7) is 0.678. The Balaban J connectivity index is 2.08. The Labute approximate surface area is 123 Å². The highest BCUT2D eigenvalue weighted by molar-refractivity contribution is 9.10. The molecular formula is C12H13BrN4OS. The largest absolute Gasteiger partial charge is 0.344 e. The number of hydrogen-bond acceptors (Lipinski definition) is 3.